The van der Waals surface area contributed by atoms with Crippen molar-refractivity contribution < 1.29 is 9.90 Å². The van der Waals surface area contributed by atoms with E-state index in [4.69, 9.17) is 4.98 Å². The highest BCUT2D eigenvalue weighted by molar-refractivity contribution is 5.88. The van der Waals surface area contributed by atoms with Crippen LogP contribution in [0.2, 0.25) is 0 Å². The summed E-state index contributed by atoms with van der Waals surface area (Å²) < 4.78 is 0. The number of carboxylic acids is 1. The van der Waals surface area contributed by atoms with Gasteiger partial charge in [0.15, 0.2) is 5.82 Å². The minimum absolute atomic E-state index is 0.178. The van der Waals surface area contributed by atoms with Gasteiger partial charge in [-0.05, 0) is 35.5 Å². The summed E-state index contributed by atoms with van der Waals surface area (Å²) in [4.78, 5) is 16.4. The summed E-state index contributed by atoms with van der Waals surface area (Å²) in [5.74, 6) is 4.28. The average Bonchev–Trinajstić information content (AvgIpc) is 3.05. The van der Waals surface area contributed by atoms with E-state index in [0.717, 1.165) is 17.2 Å². The summed E-state index contributed by atoms with van der Waals surface area (Å²) in [6, 6.07) is 10.0. The van der Waals surface area contributed by atoms with E-state index in [1.54, 1.807) is 0 Å². The fourth-order valence-corrected chi connectivity index (χ4v) is 7.60. The van der Waals surface area contributed by atoms with Crippen molar-refractivity contribution in [3.8, 4) is 11.4 Å². The van der Waals surface area contributed by atoms with Gasteiger partial charge in [0.1, 0.15) is 5.82 Å². The summed E-state index contributed by atoms with van der Waals surface area (Å²) >= 11 is 0. The molecule has 6 saturated carbocycles. The zero-order valence-corrected chi connectivity index (χ0v) is 11.6. The number of carbonyl (C=O) groups is 1. The van der Waals surface area contributed by atoms with Crippen LogP contribution in [0.4, 0.5) is 0 Å². The van der Waals surface area contributed by atoms with Crippen molar-refractivity contribution >= 4 is 5.97 Å². The Morgan fingerprint density at radius 1 is 1.05 bits per heavy atom. The first-order valence-electron chi connectivity index (χ1n) is 7.96. The first-order valence-corrected chi connectivity index (χ1v) is 7.96. The maximum Gasteiger partial charge on any atom is 0.310 e. The Hall–Kier alpha value is -2.17. The van der Waals surface area contributed by atoms with Crippen LogP contribution in [-0.2, 0) is 10.2 Å². The lowest BCUT2D eigenvalue weighted by molar-refractivity contribution is -0.614. The molecule has 6 aliphatic rings. The van der Waals surface area contributed by atoms with Crippen molar-refractivity contribution in [1.29, 1.82) is 0 Å². The van der Waals surface area contributed by atoms with Gasteiger partial charge in [0.2, 0.25) is 0 Å². The predicted molar refractivity (Wildman–Crippen MR) is 74.5 cm³/mol. The lowest BCUT2D eigenvalue weighted by atomic mass is 8.92. The molecule has 0 spiro atoms. The van der Waals surface area contributed by atoms with E-state index in [0.29, 0.717) is 35.5 Å². The maximum atomic E-state index is 11.6. The third-order valence-corrected chi connectivity index (χ3v) is 7.93. The molecule has 108 valence electrons. The monoisotopic (exact) mass is 291 g/mol. The van der Waals surface area contributed by atoms with Gasteiger partial charge in [-0.3, -0.25) is 9.89 Å². The van der Waals surface area contributed by atoms with Crippen molar-refractivity contribution in [2.75, 3.05) is 0 Å². The van der Waals surface area contributed by atoms with E-state index < -0.39 is 5.97 Å². The number of aliphatic carboxylic acids is 1. The Morgan fingerprint density at radius 3 is 2.27 bits per heavy atom. The van der Waals surface area contributed by atoms with Crippen molar-refractivity contribution in [2.24, 2.45) is 40.9 Å². The quantitative estimate of drug-likeness (QED) is 0.899. The van der Waals surface area contributed by atoms with Crippen molar-refractivity contribution in [3.05, 3.63) is 36.2 Å². The van der Waals surface area contributed by atoms with Crippen LogP contribution >= 0.6 is 0 Å². The van der Waals surface area contributed by atoms with Crippen molar-refractivity contribution in [1.82, 2.24) is 15.2 Å². The molecule has 0 amide bonds. The molecule has 2 aromatic rings. The van der Waals surface area contributed by atoms with Crippen molar-refractivity contribution in [2.45, 2.75) is 5.41 Å². The second-order valence-corrected chi connectivity index (χ2v) is 7.70. The fraction of sp³-hybridized carbons (Fsp3) is 0.471. The summed E-state index contributed by atoms with van der Waals surface area (Å²) in [6.45, 7) is 0. The Kier molecular flexibility index (Phi) is 1.25. The number of aromatic amines is 1. The Balaban J connectivity index is 1.29. The zero-order valence-electron chi connectivity index (χ0n) is 11.6. The van der Waals surface area contributed by atoms with Gasteiger partial charge in [-0.15, -0.1) is 0 Å². The van der Waals surface area contributed by atoms with Crippen LogP contribution in [0.1, 0.15) is 5.82 Å². The molecule has 0 unspecified atom stereocenters. The van der Waals surface area contributed by atoms with Gasteiger partial charge in [0, 0.05) is 11.0 Å². The second-order valence-electron chi connectivity index (χ2n) is 7.70. The Bertz CT molecular complexity index is 833. The lowest BCUT2D eigenvalue weighted by Crippen LogP contribution is -3.12. The molecule has 5 nitrogen and oxygen atoms in total. The second kappa shape index (κ2) is 2.62. The first kappa shape index (κ1) is 10.5. The Morgan fingerprint density at radius 2 is 1.68 bits per heavy atom. The number of aromatic nitrogens is 3. The highest BCUT2D eigenvalue weighted by atomic mass is 16.4. The van der Waals surface area contributed by atoms with Crippen LogP contribution in [0.15, 0.2) is 30.3 Å². The largest absolute Gasteiger partial charge is 0.481 e. The zero-order chi connectivity index (χ0) is 14.4. The number of carboxylic acid groups (broad SMARTS) is 1. The van der Waals surface area contributed by atoms with Gasteiger partial charge < -0.3 is 5.11 Å². The molecule has 1 heterocycles. The highest BCUT2D eigenvalue weighted by Crippen LogP contribution is 3.09. The average molecular weight is 291 g/mol. The van der Waals surface area contributed by atoms with E-state index >= 15 is 0 Å². The van der Waals surface area contributed by atoms with Gasteiger partial charge in [0.05, 0.1) is 5.41 Å². The standard InChI is InChI=1S/C17H13N3O2/c21-15(22)17-10-7-11(17)9-12(17)8(10)16(7,9)14-18-13(19-20-14)6-4-2-1-3-5-6/h1-5,7-12H,(H,21,22)(H,18,19,20). The molecule has 6 fully saturated rings. The molecule has 0 atom stereocenters. The van der Waals surface area contributed by atoms with Gasteiger partial charge in [-0.2, -0.15) is 5.10 Å². The minimum atomic E-state index is -0.535. The number of nitrogens with zero attached hydrogens (tertiary/aromatic N) is 2. The minimum Gasteiger partial charge on any atom is -0.481 e. The predicted octanol–water partition coefficient (Wildman–Crippen LogP) is 1.55. The van der Waals surface area contributed by atoms with E-state index in [1.165, 1.54) is 0 Å². The molecule has 2 N–H and O–H groups in total. The molecule has 8 rings (SSSR count). The number of H-pyrrole nitrogens is 1. The summed E-state index contributed by atoms with van der Waals surface area (Å²) in [5, 5.41) is 17.1. The van der Waals surface area contributed by atoms with Crippen LogP contribution in [0, 0.1) is 40.9 Å². The number of nitrogens with one attached hydrogen (secondary N) is 1. The molecule has 0 radical (unpaired) electrons. The molecule has 0 saturated heterocycles. The van der Waals surface area contributed by atoms with Crippen LogP contribution in [0.25, 0.3) is 11.4 Å². The molecular weight excluding hydrogens is 278 g/mol. The topological polar surface area (TPSA) is 78.9 Å². The molecule has 1 aromatic carbocycles. The molecule has 1 aromatic heterocycles. The van der Waals surface area contributed by atoms with E-state index in [1.807, 2.05) is 30.3 Å². The van der Waals surface area contributed by atoms with E-state index in [2.05, 4.69) is 10.2 Å². The highest BCUT2D eigenvalue weighted by Gasteiger charge is 3.12. The molecular formula is C17H13N3O2. The summed E-state index contributed by atoms with van der Waals surface area (Å²) in [6.07, 6.45) is 0. The van der Waals surface area contributed by atoms with E-state index in [9.17, 15) is 9.90 Å². The first-order chi connectivity index (χ1) is 10.7. The SMILES string of the molecule is O=C(O)C12C3C4C1C1C2C3C41c1nc(-c2ccccc2)n[nH]1. The molecule has 0 aliphatic heterocycles. The number of hydrogen-bond donors (Lipinski definition) is 2. The number of rotatable bonds is 3. The maximum absolute atomic E-state index is 11.6. The van der Waals surface area contributed by atoms with Crippen LogP contribution in [0.3, 0.4) is 0 Å². The van der Waals surface area contributed by atoms with Gasteiger partial charge in [-0.25, -0.2) is 4.98 Å². The van der Waals surface area contributed by atoms with Gasteiger partial charge >= 0.3 is 5.97 Å². The molecule has 22 heavy (non-hydrogen) atoms. The summed E-state index contributed by atoms with van der Waals surface area (Å²) in [7, 11) is 0. The van der Waals surface area contributed by atoms with Gasteiger partial charge in [-0.1, -0.05) is 30.3 Å². The van der Waals surface area contributed by atoms with Crippen LogP contribution < -0.4 is 0 Å². The third-order valence-electron chi connectivity index (χ3n) is 7.93. The van der Waals surface area contributed by atoms with Crippen LogP contribution in [-0.4, -0.2) is 26.3 Å². The van der Waals surface area contributed by atoms with E-state index in [-0.39, 0.29) is 10.8 Å². The third kappa shape index (κ3) is 0.612. The molecule has 0 bridgehead atoms. The summed E-state index contributed by atoms with van der Waals surface area (Å²) in [5.41, 5.74) is 0.908. The molecule has 6 aliphatic carbocycles. The fourth-order valence-electron chi connectivity index (χ4n) is 7.60. The van der Waals surface area contributed by atoms with Crippen molar-refractivity contribution in [3.63, 3.8) is 0 Å². The Labute approximate surface area is 125 Å². The lowest BCUT2D eigenvalue weighted by Gasteiger charge is -3.09. The molecule has 5 heteroatoms. The smallest absolute Gasteiger partial charge is 0.310 e. The number of benzene rings is 1. The number of hydrogen-bond acceptors (Lipinski definition) is 3. The van der Waals surface area contributed by atoms with Crippen LogP contribution in [0.5, 0.6) is 0 Å². The van der Waals surface area contributed by atoms with Gasteiger partial charge in [0.25, 0.3) is 0 Å². The normalized spacial score (nSPS) is 53.3.